The van der Waals surface area contributed by atoms with E-state index >= 15 is 0 Å². The molecule has 1 aliphatic rings. The second-order valence-electron chi connectivity index (χ2n) is 5.21. The van der Waals surface area contributed by atoms with Crippen LogP contribution in [0.25, 0.3) is 0 Å². The summed E-state index contributed by atoms with van der Waals surface area (Å²) in [6.45, 7) is 1.73. The number of thioether (sulfide) groups is 1. The predicted octanol–water partition coefficient (Wildman–Crippen LogP) is 3.17. The van der Waals surface area contributed by atoms with Gasteiger partial charge in [-0.05, 0) is 32.0 Å². The quantitative estimate of drug-likeness (QED) is 0.732. The van der Waals surface area contributed by atoms with Crippen molar-refractivity contribution >= 4 is 11.8 Å². The molecule has 1 heterocycles. The lowest BCUT2D eigenvalue weighted by Crippen LogP contribution is -2.20. The second-order valence-corrected chi connectivity index (χ2v) is 6.38. The molecule has 0 amide bonds. The summed E-state index contributed by atoms with van der Waals surface area (Å²) in [6, 6.07) is 10.5. The summed E-state index contributed by atoms with van der Waals surface area (Å²) in [5.74, 6) is 3.16. The summed E-state index contributed by atoms with van der Waals surface area (Å²) in [4.78, 5) is 3.54. The normalized spacial score (nSPS) is 14.9. The predicted molar refractivity (Wildman–Crippen MR) is 79.8 cm³/mol. The highest BCUT2D eigenvalue weighted by atomic mass is 32.2. The Hall–Kier alpha value is -1.33. The molecule has 1 aromatic heterocycles. The molecule has 0 N–H and O–H groups in total. The molecule has 3 rings (SSSR count). The molecule has 1 aromatic carbocycles. The average molecular weight is 289 g/mol. The first-order valence-electron chi connectivity index (χ1n) is 7.00. The van der Waals surface area contributed by atoms with Crippen LogP contribution in [0.5, 0.6) is 0 Å². The smallest absolute Gasteiger partial charge is 0.230 e. The maximum Gasteiger partial charge on any atom is 0.230 e. The molecule has 1 aliphatic carbocycles. The zero-order valence-corrected chi connectivity index (χ0v) is 12.5. The fraction of sp³-hybridized carbons (Fsp3) is 0.467. The maximum atomic E-state index is 5.67. The minimum atomic E-state index is 0.537. The molecule has 0 aliphatic heterocycles. The molecule has 2 aromatic rings. The highest BCUT2D eigenvalue weighted by molar-refractivity contribution is 7.99. The van der Waals surface area contributed by atoms with Gasteiger partial charge in [0.2, 0.25) is 11.8 Å². The fourth-order valence-electron chi connectivity index (χ4n) is 1.97. The first kappa shape index (κ1) is 13.6. The first-order valence-corrected chi connectivity index (χ1v) is 7.98. The number of aromatic nitrogens is 2. The monoisotopic (exact) mass is 289 g/mol. The van der Waals surface area contributed by atoms with E-state index in [1.54, 1.807) is 0 Å². The lowest BCUT2D eigenvalue weighted by Gasteiger charge is -2.13. The highest BCUT2D eigenvalue weighted by Crippen LogP contribution is 2.39. The molecule has 5 heteroatoms. The standard InChI is InChI=1S/C15H19N3OS/c1-18(9-10-20-13-5-3-2-4-6-13)11-14-16-17-15(19-14)12-7-8-12/h2-6,12H,7-11H2,1H3. The molecule has 0 atom stereocenters. The lowest BCUT2D eigenvalue weighted by atomic mass is 10.4. The molecule has 106 valence electrons. The van der Waals surface area contributed by atoms with Crippen LogP contribution in [0.2, 0.25) is 0 Å². The molecule has 0 bridgehead atoms. The van der Waals surface area contributed by atoms with Crippen LogP contribution >= 0.6 is 11.8 Å². The average Bonchev–Trinajstić information content (AvgIpc) is 3.21. The second kappa shape index (κ2) is 6.41. The molecule has 20 heavy (non-hydrogen) atoms. The van der Waals surface area contributed by atoms with E-state index in [1.807, 2.05) is 17.8 Å². The van der Waals surface area contributed by atoms with E-state index in [1.165, 1.54) is 17.7 Å². The molecule has 0 unspecified atom stereocenters. The molecule has 4 nitrogen and oxygen atoms in total. The summed E-state index contributed by atoms with van der Waals surface area (Å²) >= 11 is 1.87. The van der Waals surface area contributed by atoms with Crippen molar-refractivity contribution in [1.82, 2.24) is 15.1 Å². The van der Waals surface area contributed by atoms with Gasteiger partial charge in [0.05, 0.1) is 6.54 Å². The van der Waals surface area contributed by atoms with Crippen LogP contribution in [-0.4, -0.2) is 34.4 Å². The Morgan fingerprint density at radius 3 is 2.80 bits per heavy atom. The summed E-state index contributed by atoms with van der Waals surface area (Å²) in [5.41, 5.74) is 0. The number of rotatable bonds is 7. The Morgan fingerprint density at radius 2 is 2.05 bits per heavy atom. The molecule has 1 fully saturated rings. The molecule has 0 spiro atoms. The van der Waals surface area contributed by atoms with Crippen molar-refractivity contribution in [3.05, 3.63) is 42.1 Å². The Balaban J connectivity index is 1.41. The van der Waals surface area contributed by atoms with E-state index in [4.69, 9.17) is 4.42 Å². The third-order valence-corrected chi connectivity index (χ3v) is 4.29. The van der Waals surface area contributed by atoms with Gasteiger partial charge in [-0.1, -0.05) is 18.2 Å². The van der Waals surface area contributed by atoms with Crippen LogP contribution in [0.15, 0.2) is 39.6 Å². The summed E-state index contributed by atoms with van der Waals surface area (Å²) in [7, 11) is 2.09. The third kappa shape index (κ3) is 3.84. The van der Waals surface area contributed by atoms with Gasteiger partial charge in [0, 0.05) is 23.1 Å². The van der Waals surface area contributed by atoms with Crippen molar-refractivity contribution in [2.75, 3.05) is 19.3 Å². The Morgan fingerprint density at radius 1 is 1.25 bits per heavy atom. The van der Waals surface area contributed by atoms with Gasteiger partial charge in [-0.25, -0.2) is 0 Å². The molecule has 1 saturated carbocycles. The van der Waals surface area contributed by atoms with Crippen LogP contribution in [-0.2, 0) is 6.54 Å². The first-order chi connectivity index (χ1) is 9.81. The van der Waals surface area contributed by atoms with Gasteiger partial charge in [-0.3, -0.25) is 4.90 Å². The zero-order valence-electron chi connectivity index (χ0n) is 11.7. The van der Waals surface area contributed by atoms with Gasteiger partial charge in [0.25, 0.3) is 0 Å². The zero-order chi connectivity index (χ0) is 13.8. The van der Waals surface area contributed by atoms with Crippen molar-refractivity contribution in [2.24, 2.45) is 0 Å². The number of hydrogen-bond acceptors (Lipinski definition) is 5. The Kier molecular flexibility index (Phi) is 4.38. The van der Waals surface area contributed by atoms with Gasteiger partial charge in [-0.15, -0.1) is 22.0 Å². The van der Waals surface area contributed by atoms with Crippen LogP contribution < -0.4 is 0 Å². The number of nitrogens with zero attached hydrogens (tertiary/aromatic N) is 3. The van der Waals surface area contributed by atoms with Crippen molar-refractivity contribution in [3.63, 3.8) is 0 Å². The number of hydrogen-bond donors (Lipinski definition) is 0. The van der Waals surface area contributed by atoms with Gasteiger partial charge in [0.1, 0.15) is 0 Å². The summed E-state index contributed by atoms with van der Waals surface area (Å²) < 4.78 is 5.67. The molecular formula is C15H19N3OS. The Bertz CT molecular complexity index is 539. The molecule has 0 saturated heterocycles. The van der Waals surface area contributed by atoms with Gasteiger partial charge >= 0.3 is 0 Å². The van der Waals surface area contributed by atoms with Crippen molar-refractivity contribution in [3.8, 4) is 0 Å². The third-order valence-electron chi connectivity index (χ3n) is 3.30. The van der Waals surface area contributed by atoms with Crippen LogP contribution in [0.4, 0.5) is 0 Å². The van der Waals surface area contributed by atoms with Gasteiger partial charge in [0.15, 0.2) is 0 Å². The van der Waals surface area contributed by atoms with E-state index < -0.39 is 0 Å². The maximum absolute atomic E-state index is 5.67. The van der Waals surface area contributed by atoms with E-state index in [0.29, 0.717) is 5.92 Å². The van der Waals surface area contributed by atoms with E-state index in [9.17, 15) is 0 Å². The van der Waals surface area contributed by atoms with E-state index in [0.717, 1.165) is 30.6 Å². The van der Waals surface area contributed by atoms with Crippen LogP contribution in [0.3, 0.4) is 0 Å². The summed E-state index contributed by atoms with van der Waals surface area (Å²) in [6.07, 6.45) is 2.40. The lowest BCUT2D eigenvalue weighted by molar-refractivity contribution is 0.299. The van der Waals surface area contributed by atoms with Crippen molar-refractivity contribution in [2.45, 2.75) is 30.2 Å². The highest BCUT2D eigenvalue weighted by Gasteiger charge is 2.29. The van der Waals surface area contributed by atoms with Gasteiger partial charge < -0.3 is 4.42 Å². The van der Waals surface area contributed by atoms with E-state index in [-0.39, 0.29) is 0 Å². The fourth-order valence-corrected chi connectivity index (χ4v) is 2.96. The van der Waals surface area contributed by atoms with Gasteiger partial charge in [-0.2, -0.15) is 0 Å². The minimum absolute atomic E-state index is 0.537. The largest absolute Gasteiger partial charge is 0.424 e. The summed E-state index contributed by atoms with van der Waals surface area (Å²) in [5, 5.41) is 8.23. The Labute approximate surface area is 123 Å². The van der Waals surface area contributed by atoms with E-state index in [2.05, 4.69) is 46.4 Å². The van der Waals surface area contributed by atoms with Crippen molar-refractivity contribution < 1.29 is 4.42 Å². The SMILES string of the molecule is CN(CCSc1ccccc1)Cc1nnc(C2CC2)o1. The van der Waals surface area contributed by atoms with Crippen LogP contribution in [0, 0.1) is 0 Å². The molecular weight excluding hydrogens is 270 g/mol. The topological polar surface area (TPSA) is 42.2 Å². The minimum Gasteiger partial charge on any atom is -0.424 e. The number of benzene rings is 1. The van der Waals surface area contributed by atoms with Crippen molar-refractivity contribution in [1.29, 1.82) is 0 Å². The van der Waals surface area contributed by atoms with Crippen LogP contribution in [0.1, 0.15) is 30.5 Å². The molecule has 0 radical (unpaired) electrons.